The standard InChI is InChI=1S/C26H24ClN3O2S/c1-16-4-9-21(12-17(16)2)30-23(31)22-13-19-10-11-33-24(19)29(22)15-26(30,3)25(32)28-14-18-5-7-20(27)8-6-18/h4-13H,14-15H2,1-3H3,(H,28,32). The monoisotopic (exact) mass is 477 g/mol. The number of amides is 2. The van der Waals surface area contributed by atoms with E-state index in [0.717, 1.165) is 32.6 Å². The van der Waals surface area contributed by atoms with Crippen LogP contribution in [0.25, 0.3) is 10.2 Å². The van der Waals surface area contributed by atoms with Crippen LogP contribution in [-0.4, -0.2) is 21.9 Å². The van der Waals surface area contributed by atoms with E-state index in [1.165, 1.54) is 0 Å². The Morgan fingerprint density at radius 1 is 1.09 bits per heavy atom. The molecule has 0 spiro atoms. The molecule has 2 amide bonds. The van der Waals surface area contributed by atoms with Crippen LogP contribution in [0, 0.1) is 13.8 Å². The van der Waals surface area contributed by atoms with Crippen molar-refractivity contribution in [3.05, 3.63) is 87.4 Å². The molecule has 168 valence electrons. The van der Waals surface area contributed by atoms with Gasteiger partial charge in [0, 0.05) is 22.6 Å². The van der Waals surface area contributed by atoms with Crippen molar-refractivity contribution >= 4 is 50.7 Å². The molecule has 1 unspecified atom stereocenters. The first-order valence-corrected chi connectivity index (χ1v) is 12.0. The van der Waals surface area contributed by atoms with Gasteiger partial charge in [0.05, 0.1) is 6.54 Å². The van der Waals surface area contributed by atoms with Crippen LogP contribution in [0.15, 0.2) is 60.0 Å². The summed E-state index contributed by atoms with van der Waals surface area (Å²) in [6, 6.07) is 17.2. The van der Waals surface area contributed by atoms with Gasteiger partial charge in [-0.05, 0) is 79.2 Å². The van der Waals surface area contributed by atoms with E-state index in [2.05, 4.69) is 5.32 Å². The fraction of sp³-hybridized carbons (Fsp3) is 0.231. The van der Waals surface area contributed by atoms with E-state index in [0.29, 0.717) is 23.8 Å². The van der Waals surface area contributed by atoms with Crippen LogP contribution in [0.3, 0.4) is 0 Å². The first-order chi connectivity index (χ1) is 15.8. The van der Waals surface area contributed by atoms with Crippen molar-refractivity contribution in [2.75, 3.05) is 4.90 Å². The third-order valence-corrected chi connectivity index (χ3v) is 7.69. The Bertz CT molecular complexity index is 1390. The van der Waals surface area contributed by atoms with Gasteiger partial charge in [0.1, 0.15) is 16.1 Å². The van der Waals surface area contributed by atoms with Crippen LogP contribution in [0.4, 0.5) is 5.69 Å². The van der Waals surface area contributed by atoms with Gasteiger partial charge in [-0.25, -0.2) is 0 Å². The average molecular weight is 478 g/mol. The summed E-state index contributed by atoms with van der Waals surface area (Å²) in [6.45, 7) is 6.63. The molecule has 0 bridgehead atoms. The number of hydrogen-bond acceptors (Lipinski definition) is 3. The van der Waals surface area contributed by atoms with Crippen molar-refractivity contribution < 1.29 is 9.59 Å². The summed E-state index contributed by atoms with van der Waals surface area (Å²) in [5.74, 6) is -0.370. The molecule has 1 aliphatic heterocycles. The van der Waals surface area contributed by atoms with Crippen LogP contribution in [0.2, 0.25) is 5.02 Å². The van der Waals surface area contributed by atoms with Gasteiger partial charge in [-0.15, -0.1) is 11.3 Å². The largest absolute Gasteiger partial charge is 0.350 e. The number of thiophene rings is 1. The SMILES string of the molecule is Cc1ccc(N2C(=O)c3cc4ccsc4n3CC2(C)C(=O)NCc2ccc(Cl)cc2)cc1C. The fourth-order valence-corrected chi connectivity index (χ4v) is 5.46. The predicted octanol–water partition coefficient (Wildman–Crippen LogP) is 5.71. The van der Waals surface area contributed by atoms with Gasteiger partial charge >= 0.3 is 0 Å². The molecule has 0 saturated heterocycles. The van der Waals surface area contributed by atoms with Gasteiger partial charge in [0.15, 0.2) is 0 Å². The van der Waals surface area contributed by atoms with Crippen LogP contribution < -0.4 is 10.2 Å². The Morgan fingerprint density at radius 3 is 2.58 bits per heavy atom. The van der Waals surface area contributed by atoms with E-state index in [4.69, 9.17) is 11.6 Å². The van der Waals surface area contributed by atoms with E-state index >= 15 is 0 Å². The molecule has 3 heterocycles. The van der Waals surface area contributed by atoms with Crippen molar-refractivity contribution in [1.29, 1.82) is 0 Å². The lowest BCUT2D eigenvalue weighted by Crippen LogP contribution is -2.64. The highest BCUT2D eigenvalue weighted by Crippen LogP contribution is 2.37. The molecule has 5 rings (SSSR count). The molecule has 0 saturated carbocycles. The maximum Gasteiger partial charge on any atom is 0.275 e. The molecule has 1 aliphatic rings. The summed E-state index contributed by atoms with van der Waals surface area (Å²) >= 11 is 7.57. The summed E-state index contributed by atoms with van der Waals surface area (Å²) in [7, 11) is 0. The van der Waals surface area contributed by atoms with E-state index in [1.807, 2.05) is 73.2 Å². The molecular formula is C26H24ClN3O2S. The number of carbonyl (C=O) groups excluding carboxylic acids is 2. The number of rotatable bonds is 4. The molecule has 7 heteroatoms. The molecule has 33 heavy (non-hydrogen) atoms. The number of halogens is 1. The van der Waals surface area contributed by atoms with Gasteiger partial charge in [-0.1, -0.05) is 29.8 Å². The summed E-state index contributed by atoms with van der Waals surface area (Å²) in [6.07, 6.45) is 0. The quantitative estimate of drug-likeness (QED) is 0.409. The molecule has 2 aromatic heterocycles. The minimum Gasteiger partial charge on any atom is -0.350 e. The number of fused-ring (bicyclic) bond motifs is 3. The Labute approximate surface area is 201 Å². The number of aryl methyl sites for hydroxylation is 2. The summed E-state index contributed by atoms with van der Waals surface area (Å²) in [5.41, 5.74) is 3.39. The molecular weight excluding hydrogens is 454 g/mol. The smallest absolute Gasteiger partial charge is 0.275 e. The van der Waals surface area contributed by atoms with E-state index in [9.17, 15) is 9.59 Å². The minimum atomic E-state index is -1.10. The Hall–Kier alpha value is -3.09. The summed E-state index contributed by atoms with van der Waals surface area (Å²) in [5, 5.41) is 6.74. The molecule has 4 aromatic rings. The number of anilines is 1. The molecule has 1 N–H and O–H groups in total. The maximum absolute atomic E-state index is 13.8. The number of aromatic nitrogens is 1. The maximum atomic E-state index is 13.8. The zero-order valence-corrected chi connectivity index (χ0v) is 20.3. The highest BCUT2D eigenvalue weighted by molar-refractivity contribution is 7.16. The number of nitrogens with one attached hydrogen (secondary N) is 1. The number of benzene rings is 2. The molecule has 2 aromatic carbocycles. The first-order valence-electron chi connectivity index (χ1n) is 10.8. The van der Waals surface area contributed by atoms with Crippen molar-refractivity contribution in [2.24, 2.45) is 0 Å². The second kappa shape index (κ2) is 8.04. The third kappa shape index (κ3) is 3.63. The van der Waals surface area contributed by atoms with Gasteiger partial charge < -0.3 is 9.88 Å². The van der Waals surface area contributed by atoms with Crippen LogP contribution in [0.1, 0.15) is 34.1 Å². The second-order valence-corrected chi connectivity index (χ2v) is 10.1. The highest BCUT2D eigenvalue weighted by Gasteiger charge is 2.48. The first kappa shape index (κ1) is 21.7. The Balaban J connectivity index is 1.56. The highest BCUT2D eigenvalue weighted by atomic mass is 35.5. The van der Waals surface area contributed by atoms with Crippen molar-refractivity contribution in [3.8, 4) is 0 Å². The van der Waals surface area contributed by atoms with Crippen LogP contribution in [-0.2, 0) is 17.9 Å². The minimum absolute atomic E-state index is 0.169. The Morgan fingerprint density at radius 2 is 1.85 bits per heavy atom. The van der Waals surface area contributed by atoms with Gasteiger partial charge in [-0.3, -0.25) is 14.5 Å². The fourth-order valence-electron chi connectivity index (χ4n) is 4.44. The normalized spacial score (nSPS) is 17.9. The van der Waals surface area contributed by atoms with Crippen molar-refractivity contribution in [3.63, 3.8) is 0 Å². The van der Waals surface area contributed by atoms with Crippen molar-refractivity contribution in [2.45, 2.75) is 39.4 Å². The molecule has 1 atom stereocenters. The average Bonchev–Trinajstić information content (AvgIpc) is 3.38. The lowest BCUT2D eigenvalue weighted by Gasteiger charge is -2.44. The van der Waals surface area contributed by atoms with Crippen molar-refractivity contribution in [1.82, 2.24) is 9.88 Å². The van der Waals surface area contributed by atoms with Crippen LogP contribution in [0.5, 0.6) is 0 Å². The van der Waals surface area contributed by atoms with E-state index in [-0.39, 0.29) is 11.8 Å². The van der Waals surface area contributed by atoms with E-state index in [1.54, 1.807) is 28.4 Å². The second-order valence-electron chi connectivity index (χ2n) is 8.79. The molecule has 5 nitrogen and oxygen atoms in total. The topological polar surface area (TPSA) is 54.3 Å². The zero-order valence-electron chi connectivity index (χ0n) is 18.7. The Kier molecular flexibility index (Phi) is 5.30. The van der Waals surface area contributed by atoms with Gasteiger partial charge in [0.2, 0.25) is 5.91 Å². The van der Waals surface area contributed by atoms with Crippen LogP contribution >= 0.6 is 22.9 Å². The molecule has 0 radical (unpaired) electrons. The van der Waals surface area contributed by atoms with Gasteiger partial charge in [-0.2, -0.15) is 0 Å². The van der Waals surface area contributed by atoms with E-state index < -0.39 is 5.54 Å². The van der Waals surface area contributed by atoms with Gasteiger partial charge in [0.25, 0.3) is 5.91 Å². The molecule has 0 fully saturated rings. The zero-order chi connectivity index (χ0) is 23.3. The summed E-state index contributed by atoms with van der Waals surface area (Å²) in [4.78, 5) is 30.2. The molecule has 0 aliphatic carbocycles. The third-order valence-electron chi connectivity index (χ3n) is 6.49. The summed E-state index contributed by atoms with van der Waals surface area (Å²) < 4.78 is 1.99. The number of hydrogen-bond donors (Lipinski definition) is 1. The predicted molar refractivity (Wildman–Crippen MR) is 134 cm³/mol. The number of carbonyl (C=O) groups is 2. The lowest BCUT2D eigenvalue weighted by atomic mass is 9.93. The lowest BCUT2D eigenvalue weighted by molar-refractivity contribution is -0.126. The number of nitrogens with zero attached hydrogens (tertiary/aromatic N) is 2.